The lowest BCUT2D eigenvalue weighted by molar-refractivity contribution is 0.285. The summed E-state index contributed by atoms with van der Waals surface area (Å²) < 4.78 is 8.06. The fourth-order valence-electron chi connectivity index (χ4n) is 2.88. The Labute approximate surface area is 105 Å². The molecule has 0 radical (unpaired) electrons. The van der Waals surface area contributed by atoms with Gasteiger partial charge in [0, 0.05) is 24.6 Å². The molecule has 92 valence electrons. The minimum atomic E-state index is 0.243. The highest BCUT2D eigenvalue weighted by atomic mass is 16.5. The average molecular weight is 241 g/mol. The van der Waals surface area contributed by atoms with Crippen LogP contribution in [-0.4, -0.2) is 15.6 Å². The fraction of sp³-hybridized carbons (Fsp3) is 0.357. The molecular formula is C14H15N3O. The molecule has 2 N–H and O–H groups in total. The molecule has 2 aliphatic heterocycles. The summed E-state index contributed by atoms with van der Waals surface area (Å²) in [7, 11) is 0. The van der Waals surface area contributed by atoms with Gasteiger partial charge in [0.15, 0.2) is 0 Å². The minimum absolute atomic E-state index is 0.243. The summed E-state index contributed by atoms with van der Waals surface area (Å²) in [5, 5.41) is 0. The Morgan fingerprint density at radius 2 is 2.22 bits per heavy atom. The first-order chi connectivity index (χ1) is 8.83. The standard InChI is InChI=1S/C14H15N3O/c15-9-5-6-13-16-14-10-3-1-2-4-12(10)18-8-11(14)17(13)7-9/h1-4,9H,5-8,15H2. The van der Waals surface area contributed by atoms with E-state index in [1.807, 2.05) is 18.2 Å². The third kappa shape index (κ3) is 1.32. The van der Waals surface area contributed by atoms with Crippen LogP contribution < -0.4 is 10.5 Å². The number of aromatic nitrogens is 2. The van der Waals surface area contributed by atoms with Crippen molar-refractivity contribution in [3.05, 3.63) is 35.8 Å². The smallest absolute Gasteiger partial charge is 0.130 e. The third-order valence-electron chi connectivity index (χ3n) is 3.81. The SMILES string of the molecule is NC1CCc2nc3c(n2C1)COc1ccccc1-3. The predicted molar refractivity (Wildman–Crippen MR) is 68.3 cm³/mol. The van der Waals surface area contributed by atoms with Gasteiger partial charge in [0.2, 0.25) is 0 Å². The van der Waals surface area contributed by atoms with Gasteiger partial charge in [-0.25, -0.2) is 4.98 Å². The number of imidazole rings is 1. The molecular weight excluding hydrogens is 226 g/mol. The van der Waals surface area contributed by atoms with Crippen molar-refractivity contribution in [1.82, 2.24) is 9.55 Å². The van der Waals surface area contributed by atoms with E-state index in [0.29, 0.717) is 6.61 Å². The summed E-state index contributed by atoms with van der Waals surface area (Å²) in [5.74, 6) is 2.09. The number of aryl methyl sites for hydroxylation is 1. The highest BCUT2D eigenvalue weighted by Gasteiger charge is 2.27. The van der Waals surface area contributed by atoms with E-state index in [-0.39, 0.29) is 6.04 Å². The summed E-state index contributed by atoms with van der Waals surface area (Å²) in [5.41, 5.74) is 9.42. The maximum Gasteiger partial charge on any atom is 0.130 e. The number of ether oxygens (including phenoxy) is 1. The molecule has 18 heavy (non-hydrogen) atoms. The average Bonchev–Trinajstić information content (AvgIpc) is 2.77. The first kappa shape index (κ1) is 10.1. The van der Waals surface area contributed by atoms with Gasteiger partial charge in [0.25, 0.3) is 0 Å². The van der Waals surface area contributed by atoms with Gasteiger partial charge in [0.05, 0.1) is 11.4 Å². The van der Waals surface area contributed by atoms with E-state index in [1.54, 1.807) is 0 Å². The molecule has 3 heterocycles. The van der Waals surface area contributed by atoms with Crippen LogP contribution in [0.25, 0.3) is 11.3 Å². The molecule has 1 atom stereocenters. The lowest BCUT2D eigenvalue weighted by Gasteiger charge is -2.23. The summed E-state index contributed by atoms with van der Waals surface area (Å²) in [6.07, 6.45) is 1.99. The van der Waals surface area contributed by atoms with E-state index < -0.39 is 0 Å². The summed E-state index contributed by atoms with van der Waals surface area (Å²) in [6.45, 7) is 1.47. The van der Waals surface area contributed by atoms with E-state index in [9.17, 15) is 0 Å². The number of fused-ring (bicyclic) bond motifs is 5. The van der Waals surface area contributed by atoms with E-state index in [0.717, 1.165) is 42.2 Å². The second kappa shape index (κ2) is 3.59. The second-order valence-corrected chi connectivity index (χ2v) is 5.02. The van der Waals surface area contributed by atoms with Gasteiger partial charge in [-0.05, 0) is 18.6 Å². The van der Waals surface area contributed by atoms with Crippen molar-refractivity contribution in [2.75, 3.05) is 0 Å². The van der Waals surface area contributed by atoms with Crippen molar-refractivity contribution in [3.63, 3.8) is 0 Å². The van der Waals surface area contributed by atoms with Crippen LogP contribution in [0.15, 0.2) is 24.3 Å². The lowest BCUT2D eigenvalue weighted by Crippen LogP contribution is -2.33. The van der Waals surface area contributed by atoms with Crippen molar-refractivity contribution >= 4 is 0 Å². The Hall–Kier alpha value is -1.81. The summed E-state index contributed by atoms with van der Waals surface area (Å²) >= 11 is 0. The van der Waals surface area contributed by atoms with Crippen molar-refractivity contribution in [2.45, 2.75) is 32.0 Å². The maximum atomic E-state index is 6.05. The minimum Gasteiger partial charge on any atom is -0.487 e. The first-order valence-corrected chi connectivity index (χ1v) is 6.39. The number of hydrogen-bond donors (Lipinski definition) is 1. The van der Waals surface area contributed by atoms with Crippen LogP contribution in [0, 0.1) is 0 Å². The Balaban J connectivity index is 1.91. The maximum absolute atomic E-state index is 6.05. The number of para-hydroxylation sites is 1. The third-order valence-corrected chi connectivity index (χ3v) is 3.81. The van der Waals surface area contributed by atoms with Crippen molar-refractivity contribution < 1.29 is 4.74 Å². The van der Waals surface area contributed by atoms with E-state index in [1.165, 1.54) is 5.69 Å². The summed E-state index contributed by atoms with van der Waals surface area (Å²) in [4.78, 5) is 4.79. The molecule has 0 aliphatic carbocycles. The number of benzene rings is 1. The van der Waals surface area contributed by atoms with Gasteiger partial charge >= 0.3 is 0 Å². The zero-order chi connectivity index (χ0) is 12.1. The van der Waals surface area contributed by atoms with Crippen LogP contribution in [0.4, 0.5) is 0 Å². The van der Waals surface area contributed by atoms with Crippen molar-refractivity contribution in [1.29, 1.82) is 0 Å². The quantitative estimate of drug-likeness (QED) is 0.764. The van der Waals surface area contributed by atoms with Crippen LogP contribution >= 0.6 is 0 Å². The molecule has 2 aromatic rings. The Morgan fingerprint density at radius 1 is 1.33 bits per heavy atom. The second-order valence-electron chi connectivity index (χ2n) is 5.02. The van der Waals surface area contributed by atoms with E-state index in [2.05, 4.69) is 10.6 Å². The molecule has 1 unspecified atom stereocenters. The van der Waals surface area contributed by atoms with E-state index in [4.69, 9.17) is 15.5 Å². The predicted octanol–water partition coefficient (Wildman–Crippen LogP) is 1.72. The largest absolute Gasteiger partial charge is 0.487 e. The molecule has 1 aromatic heterocycles. The fourth-order valence-corrected chi connectivity index (χ4v) is 2.88. The molecule has 4 heteroatoms. The Kier molecular flexibility index (Phi) is 2.02. The molecule has 0 saturated carbocycles. The Bertz CT molecular complexity index is 617. The van der Waals surface area contributed by atoms with Gasteiger partial charge < -0.3 is 15.0 Å². The molecule has 2 aliphatic rings. The lowest BCUT2D eigenvalue weighted by atomic mass is 10.1. The monoisotopic (exact) mass is 241 g/mol. The van der Waals surface area contributed by atoms with Gasteiger partial charge in [-0.3, -0.25) is 0 Å². The highest BCUT2D eigenvalue weighted by Crippen LogP contribution is 2.37. The highest BCUT2D eigenvalue weighted by molar-refractivity contribution is 5.71. The molecule has 0 saturated heterocycles. The van der Waals surface area contributed by atoms with Crippen LogP contribution in [0.2, 0.25) is 0 Å². The molecule has 0 spiro atoms. The molecule has 0 bridgehead atoms. The molecule has 4 rings (SSSR count). The zero-order valence-corrected chi connectivity index (χ0v) is 10.1. The molecule has 0 fully saturated rings. The van der Waals surface area contributed by atoms with Gasteiger partial charge in [-0.15, -0.1) is 0 Å². The molecule has 1 aromatic carbocycles. The van der Waals surface area contributed by atoms with Crippen LogP contribution in [0.1, 0.15) is 17.9 Å². The van der Waals surface area contributed by atoms with Gasteiger partial charge in [-0.2, -0.15) is 0 Å². The van der Waals surface area contributed by atoms with Gasteiger partial charge in [0.1, 0.15) is 18.2 Å². The van der Waals surface area contributed by atoms with Crippen molar-refractivity contribution in [3.8, 4) is 17.0 Å². The van der Waals surface area contributed by atoms with E-state index >= 15 is 0 Å². The number of hydrogen-bond acceptors (Lipinski definition) is 3. The normalized spacial score (nSPS) is 20.6. The molecule has 0 amide bonds. The van der Waals surface area contributed by atoms with Crippen molar-refractivity contribution in [2.24, 2.45) is 5.73 Å². The zero-order valence-electron chi connectivity index (χ0n) is 10.1. The number of rotatable bonds is 0. The molecule has 4 nitrogen and oxygen atoms in total. The van der Waals surface area contributed by atoms with Crippen LogP contribution in [0.5, 0.6) is 5.75 Å². The number of nitrogens with two attached hydrogens (primary N) is 1. The van der Waals surface area contributed by atoms with Crippen LogP contribution in [-0.2, 0) is 19.6 Å². The number of nitrogens with zero attached hydrogens (tertiary/aromatic N) is 2. The first-order valence-electron chi connectivity index (χ1n) is 6.39. The Morgan fingerprint density at radius 3 is 3.17 bits per heavy atom. The summed E-state index contributed by atoms with van der Waals surface area (Å²) in [6, 6.07) is 8.35. The van der Waals surface area contributed by atoms with Gasteiger partial charge in [-0.1, -0.05) is 12.1 Å². The van der Waals surface area contributed by atoms with Crippen LogP contribution in [0.3, 0.4) is 0 Å². The topological polar surface area (TPSA) is 53.1 Å².